The summed E-state index contributed by atoms with van der Waals surface area (Å²) in [7, 11) is 0. The molecular weight excluding hydrogens is 286 g/mol. The zero-order chi connectivity index (χ0) is 15.4. The van der Waals surface area contributed by atoms with Gasteiger partial charge >= 0.3 is 0 Å². The van der Waals surface area contributed by atoms with Crippen molar-refractivity contribution >= 4 is 17.4 Å². The molecule has 0 spiro atoms. The first-order valence-corrected chi connectivity index (χ1v) is 7.56. The van der Waals surface area contributed by atoms with E-state index in [9.17, 15) is 10.1 Å². The number of aryl methyl sites for hydroxylation is 2. The Morgan fingerprint density at radius 3 is 2.33 bits per heavy atom. The number of hydrogen-bond acceptors (Lipinski definition) is 4. The van der Waals surface area contributed by atoms with Gasteiger partial charge in [0.25, 0.3) is 5.69 Å². The monoisotopic (exact) mass is 303 g/mol. The number of benzene rings is 2. The van der Waals surface area contributed by atoms with Crippen molar-refractivity contribution < 1.29 is 10.0 Å². The van der Waals surface area contributed by atoms with Gasteiger partial charge in [-0.05, 0) is 31.0 Å². The normalized spacial score (nSPS) is 10.6. The van der Waals surface area contributed by atoms with Gasteiger partial charge in [-0.1, -0.05) is 35.4 Å². The van der Waals surface area contributed by atoms with Crippen LogP contribution in [0.4, 0.5) is 5.69 Å². The summed E-state index contributed by atoms with van der Waals surface area (Å²) in [6, 6.07) is 11.1. The summed E-state index contributed by atoms with van der Waals surface area (Å²) in [6.45, 7) is 3.89. The molecule has 0 saturated carbocycles. The van der Waals surface area contributed by atoms with Crippen molar-refractivity contribution in [2.24, 2.45) is 0 Å². The first kappa shape index (κ1) is 15.5. The largest absolute Gasteiger partial charge is 0.392 e. The average Bonchev–Trinajstić information content (AvgIpc) is 2.43. The summed E-state index contributed by atoms with van der Waals surface area (Å²) < 4.78 is 0. The number of aliphatic hydroxyl groups is 1. The SMILES string of the molecule is Cc1cc(C)cc(CSc2ccc(CO)cc2[N+](=O)[O-])c1. The van der Waals surface area contributed by atoms with E-state index in [1.54, 1.807) is 12.1 Å². The Hall–Kier alpha value is -1.85. The Morgan fingerprint density at radius 1 is 1.10 bits per heavy atom. The molecule has 0 saturated heterocycles. The molecule has 4 nitrogen and oxygen atoms in total. The molecule has 0 aliphatic heterocycles. The van der Waals surface area contributed by atoms with Gasteiger partial charge in [0.05, 0.1) is 16.4 Å². The van der Waals surface area contributed by atoms with Gasteiger partial charge in [0.15, 0.2) is 0 Å². The van der Waals surface area contributed by atoms with Gasteiger partial charge in [-0.25, -0.2) is 0 Å². The molecule has 0 fully saturated rings. The number of hydrogen-bond donors (Lipinski definition) is 1. The van der Waals surface area contributed by atoms with E-state index in [4.69, 9.17) is 5.11 Å². The summed E-state index contributed by atoms with van der Waals surface area (Å²) in [6.07, 6.45) is 0. The predicted octanol–water partition coefficient (Wildman–Crippen LogP) is 4.00. The lowest BCUT2D eigenvalue weighted by atomic mass is 10.1. The van der Waals surface area contributed by atoms with Crippen LogP contribution in [-0.2, 0) is 12.4 Å². The molecule has 21 heavy (non-hydrogen) atoms. The van der Waals surface area contributed by atoms with Crippen LogP contribution in [0, 0.1) is 24.0 Å². The minimum atomic E-state index is -0.400. The smallest absolute Gasteiger partial charge is 0.283 e. The van der Waals surface area contributed by atoms with E-state index in [0.717, 1.165) is 5.56 Å². The van der Waals surface area contributed by atoms with Crippen LogP contribution in [0.3, 0.4) is 0 Å². The van der Waals surface area contributed by atoms with Crippen molar-refractivity contribution in [3.63, 3.8) is 0 Å². The third kappa shape index (κ3) is 4.06. The molecule has 110 valence electrons. The van der Waals surface area contributed by atoms with Crippen molar-refractivity contribution in [3.8, 4) is 0 Å². The third-order valence-electron chi connectivity index (χ3n) is 3.08. The lowest BCUT2D eigenvalue weighted by Gasteiger charge is -2.07. The van der Waals surface area contributed by atoms with Crippen LogP contribution in [-0.4, -0.2) is 10.0 Å². The van der Waals surface area contributed by atoms with Crippen LogP contribution < -0.4 is 0 Å². The highest BCUT2D eigenvalue weighted by Crippen LogP contribution is 2.32. The molecular formula is C16H17NO3S. The molecule has 0 aliphatic carbocycles. The second-order valence-electron chi connectivity index (χ2n) is 5.00. The fraction of sp³-hybridized carbons (Fsp3) is 0.250. The summed E-state index contributed by atoms with van der Waals surface area (Å²) >= 11 is 1.44. The minimum Gasteiger partial charge on any atom is -0.392 e. The van der Waals surface area contributed by atoms with Gasteiger partial charge in [-0.3, -0.25) is 10.1 Å². The molecule has 0 amide bonds. The average molecular weight is 303 g/mol. The van der Waals surface area contributed by atoms with E-state index >= 15 is 0 Å². The third-order valence-corrected chi connectivity index (χ3v) is 4.21. The Kier molecular flexibility index (Phi) is 4.98. The number of rotatable bonds is 5. The topological polar surface area (TPSA) is 63.4 Å². The number of nitro groups is 1. The van der Waals surface area contributed by atoms with Crippen LogP contribution in [0.5, 0.6) is 0 Å². The van der Waals surface area contributed by atoms with Crippen molar-refractivity contribution in [1.82, 2.24) is 0 Å². The van der Waals surface area contributed by atoms with Gasteiger partial charge in [-0.2, -0.15) is 0 Å². The highest BCUT2D eigenvalue weighted by Gasteiger charge is 2.15. The molecule has 0 aromatic heterocycles. The lowest BCUT2D eigenvalue weighted by molar-refractivity contribution is -0.387. The molecule has 1 N–H and O–H groups in total. The van der Waals surface area contributed by atoms with Crippen LogP contribution in [0.25, 0.3) is 0 Å². The highest BCUT2D eigenvalue weighted by atomic mass is 32.2. The predicted molar refractivity (Wildman–Crippen MR) is 84.5 cm³/mol. The summed E-state index contributed by atoms with van der Waals surface area (Å²) in [5.74, 6) is 0.682. The minimum absolute atomic E-state index is 0.0518. The zero-order valence-electron chi connectivity index (χ0n) is 12.0. The van der Waals surface area contributed by atoms with E-state index < -0.39 is 4.92 Å². The molecule has 2 aromatic carbocycles. The Labute approximate surface area is 128 Å². The highest BCUT2D eigenvalue weighted by molar-refractivity contribution is 7.98. The quantitative estimate of drug-likeness (QED) is 0.515. The number of aliphatic hydroxyl groups excluding tert-OH is 1. The van der Waals surface area contributed by atoms with Gasteiger partial charge < -0.3 is 5.11 Å². The number of nitro benzene ring substituents is 1. The molecule has 0 radical (unpaired) electrons. The van der Waals surface area contributed by atoms with Crippen LogP contribution in [0.15, 0.2) is 41.3 Å². The van der Waals surface area contributed by atoms with E-state index in [0.29, 0.717) is 16.2 Å². The Bertz CT molecular complexity index is 650. The Balaban J connectivity index is 2.21. The number of thioether (sulfide) groups is 1. The number of nitrogens with zero attached hydrogens (tertiary/aromatic N) is 1. The van der Waals surface area contributed by atoms with Gasteiger partial charge in [0.1, 0.15) is 0 Å². The van der Waals surface area contributed by atoms with Crippen molar-refractivity contribution in [3.05, 3.63) is 68.8 Å². The second kappa shape index (κ2) is 6.74. The summed E-state index contributed by atoms with van der Waals surface area (Å²) in [4.78, 5) is 11.3. The maximum atomic E-state index is 11.1. The van der Waals surface area contributed by atoms with Gasteiger partial charge in [0.2, 0.25) is 0 Å². The summed E-state index contributed by atoms with van der Waals surface area (Å²) in [5.41, 5.74) is 4.14. The molecule has 2 rings (SSSR count). The fourth-order valence-corrected chi connectivity index (χ4v) is 3.17. The van der Waals surface area contributed by atoms with Gasteiger partial charge in [0, 0.05) is 11.8 Å². The van der Waals surface area contributed by atoms with Crippen LogP contribution >= 0.6 is 11.8 Å². The van der Waals surface area contributed by atoms with Crippen LogP contribution in [0.2, 0.25) is 0 Å². The molecule has 0 bridgehead atoms. The van der Waals surface area contributed by atoms with Crippen molar-refractivity contribution in [2.45, 2.75) is 31.1 Å². The van der Waals surface area contributed by atoms with Crippen molar-refractivity contribution in [1.29, 1.82) is 0 Å². The second-order valence-corrected chi connectivity index (χ2v) is 6.02. The standard InChI is InChI=1S/C16H17NO3S/c1-11-5-12(2)7-14(6-11)10-21-16-4-3-13(9-18)8-15(16)17(19)20/h3-8,18H,9-10H2,1-2H3. The maximum absolute atomic E-state index is 11.1. The summed E-state index contributed by atoms with van der Waals surface area (Å²) in [5, 5.41) is 20.2. The van der Waals surface area contributed by atoms with E-state index in [2.05, 4.69) is 18.2 Å². The molecule has 0 heterocycles. The van der Waals surface area contributed by atoms with Crippen LogP contribution in [0.1, 0.15) is 22.3 Å². The first-order valence-electron chi connectivity index (χ1n) is 6.57. The van der Waals surface area contributed by atoms with E-state index in [-0.39, 0.29) is 12.3 Å². The molecule has 0 aliphatic rings. The lowest BCUT2D eigenvalue weighted by Crippen LogP contribution is -1.94. The molecule has 0 atom stereocenters. The zero-order valence-corrected chi connectivity index (χ0v) is 12.8. The van der Waals surface area contributed by atoms with E-state index in [1.165, 1.54) is 29.0 Å². The molecule has 2 aromatic rings. The first-order chi connectivity index (χ1) is 9.99. The Morgan fingerprint density at radius 2 is 1.76 bits per heavy atom. The fourth-order valence-electron chi connectivity index (χ4n) is 2.24. The van der Waals surface area contributed by atoms with Crippen molar-refractivity contribution in [2.75, 3.05) is 0 Å². The molecule has 0 unspecified atom stereocenters. The maximum Gasteiger partial charge on any atom is 0.283 e. The van der Waals surface area contributed by atoms with E-state index in [1.807, 2.05) is 13.8 Å². The van der Waals surface area contributed by atoms with Gasteiger partial charge in [-0.15, -0.1) is 11.8 Å². The molecule has 5 heteroatoms.